The van der Waals surface area contributed by atoms with Gasteiger partial charge < -0.3 is 9.79 Å². The van der Waals surface area contributed by atoms with E-state index in [2.05, 4.69) is 20.9 Å². The third kappa shape index (κ3) is 3.45. The first-order valence-corrected chi connectivity index (χ1v) is 5.72. The average molecular weight is 252 g/mol. The molecule has 12 heavy (non-hydrogen) atoms. The molecule has 1 aromatic heterocycles. The molecule has 4 nitrogen and oxygen atoms in total. The molecule has 6 heteroatoms. The predicted molar refractivity (Wildman–Crippen MR) is 47.7 cm³/mol. The van der Waals surface area contributed by atoms with Crippen molar-refractivity contribution in [3.8, 4) is 0 Å². The van der Waals surface area contributed by atoms with E-state index >= 15 is 0 Å². The summed E-state index contributed by atoms with van der Waals surface area (Å²) in [7, 11) is -3.99. The number of pyridine rings is 1. The van der Waals surface area contributed by atoms with Crippen molar-refractivity contribution >= 4 is 23.5 Å². The van der Waals surface area contributed by atoms with Crippen LogP contribution in [0.15, 0.2) is 22.8 Å². The van der Waals surface area contributed by atoms with Gasteiger partial charge in [0, 0.05) is 0 Å². The second kappa shape index (κ2) is 3.66. The fraction of sp³-hybridized carbons (Fsp3) is 0.167. The van der Waals surface area contributed by atoms with Crippen LogP contribution in [0, 0.1) is 0 Å². The topological polar surface area (TPSA) is 70.4 Å². The summed E-state index contributed by atoms with van der Waals surface area (Å²) >= 11 is 3.11. The van der Waals surface area contributed by atoms with Gasteiger partial charge in [0.1, 0.15) is 4.60 Å². The number of halogens is 1. The maximum Gasteiger partial charge on any atom is 0.331 e. The lowest BCUT2D eigenvalue weighted by molar-refractivity contribution is 0.371. The van der Waals surface area contributed by atoms with Crippen LogP contribution in [-0.4, -0.2) is 14.8 Å². The summed E-state index contributed by atoms with van der Waals surface area (Å²) in [6, 6.07) is 4.95. The van der Waals surface area contributed by atoms with Crippen LogP contribution >= 0.6 is 23.5 Å². The first-order valence-electron chi connectivity index (χ1n) is 3.13. The van der Waals surface area contributed by atoms with Crippen LogP contribution in [0.2, 0.25) is 0 Å². The lowest BCUT2D eigenvalue weighted by atomic mass is 10.4. The summed E-state index contributed by atoms with van der Waals surface area (Å²) in [6.45, 7) is 0. The van der Waals surface area contributed by atoms with Gasteiger partial charge >= 0.3 is 7.60 Å². The zero-order valence-electron chi connectivity index (χ0n) is 6.01. The Morgan fingerprint density at radius 1 is 1.50 bits per heavy atom. The molecular weight excluding hydrogens is 245 g/mol. The Kier molecular flexibility index (Phi) is 3.01. The Morgan fingerprint density at radius 2 is 2.17 bits per heavy atom. The molecule has 1 rings (SSSR count). The molecule has 0 saturated heterocycles. The minimum atomic E-state index is -3.99. The van der Waals surface area contributed by atoms with Crippen LogP contribution in [0.5, 0.6) is 0 Å². The van der Waals surface area contributed by atoms with Crippen molar-refractivity contribution in [2.45, 2.75) is 6.16 Å². The molecule has 0 aliphatic rings. The zero-order chi connectivity index (χ0) is 9.19. The molecule has 0 aliphatic carbocycles. The van der Waals surface area contributed by atoms with Crippen LogP contribution in [0.3, 0.4) is 0 Å². The van der Waals surface area contributed by atoms with E-state index in [9.17, 15) is 4.57 Å². The Morgan fingerprint density at radius 3 is 2.67 bits per heavy atom. The number of aromatic nitrogens is 1. The largest absolute Gasteiger partial charge is 0.331 e. The maximum absolute atomic E-state index is 10.6. The molecule has 1 aromatic rings. The number of hydrogen-bond donors (Lipinski definition) is 2. The Labute approximate surface area is 77.9 Å². The van der Waals surface area contributed by atoms with Crippen LogP contribution in [0.1, 0.15) is 5.69 Å². The minimum absolute atomic E-state index is 0.313. The highest BCUT2D eigenvalue weighted by Crippen LogP contribution is 2.38. The highest BCUT2D eigenvalue weighted by Gasteiger charge is 2.14. The average Bonchev–Trinajstić information content (AvgIpc) is 1.82. The first-order chi connectivity index (χ1) is 5.47. The van der Waals surface area contributed by atoms with Crippen molar-refractivity contribution in [3.05, 3.63) is 28.5 Å². The SMILES string of the molecule is O=P(O)(O)Cc1cccc(Br)n1. The summed E-state index contributed by atoms with van der Waals surface area (Å²) in [5.41, 5.74) is 0.387. The van der Waals surface area contributed by atoms with Crippen LogP contribution < -0.4 is 0 Å². The van der Waals surface area contributed by atoms with Gasteiger partial charge in [-0.2, -0.15) is 0 Å². The van der Waals surface area contributed by atoms with E-state index in [-0.39, 0.29) is 6.16 Å². The van der Waals surface area contributed by atoms with Gasteiger partial charge in [-0.3, -0.25) is 4.57 Å². The summed E-state index contributed by atoms with van der Waals surface area (Å²) < 4.78 is 11.1. The standard InChI is InChI=1S/C6H7BrNO3P/c7-6-3-1-2-5(8-6)4-12(9,10)11/h1-3H,4H2,(H2,9,10,11). The molecule has 0 spiro atoms. The van der Waals surface area contributed by atoms with E-state index < -0.39 is 7.60 Å². The van der Waals surface area contributed by atoms with E-state index in [1.165, 1.54) is 0 Å². The van der Waals surface area contributed by atoms with Crippen molar-refractivity contribution in [2.24, 2.45) is 0 Å². The van der Waals surface area contributed by atoms with Gasteiger partial charge in [-0.1, -0.05) is 6.07 Å². The molecule has 0 radical (unpaired) electrons. The van der Waals surface area contributed by atoms with E-state index in [4.69, 9.17) is 9.79 Å². The van der Waals surface area contributed by atoms with Gasteiger partial charge in [-0.15, -0.1) is 0 Å². The first kappa shape index (κ1) is 9.86. The third-order valence-corrected chi connectivity index (χ3v) is 2.32. The van der Waals surface area contributed by atoms with Crippen LogP contribution in [-0.2, 0) is 10.7 Å². The molecule has 0 unspecified atom stereocenters. The lowest BCUT2D eigenvalue weighted by Crippen LogP contribution is -1.90. The second-order valence-corrected chi connectivity index (χ2v) is 4.73. The molecule has 0 bridgehead atoms. The van der Waals surface area contributed by atoms with Crippen LogP contribution in [0.4, 0.5) is 0 Å². The van der Waals surface area contributed by atoms with E-state index in [1.807, 2.05) is 0 Å². The number of rotatable bonds is 2. The Bertz CT molecular complexity index is 324. The van der Waals surface area contributed by atoms with Gasteiger partial charge in [0.2, 0.25) is 0 Å². The molecule has 0 atom stereocenters. The molecule has 66 valence electrons. The number of hydrogen-bond acceptors (Lipinski definition) is 2. The normalized spacial score (nSPS) is 11.6. The Balaban J connectivity index is 2.84. The monoisotopic (exact) mass is 251 g/mol. The summed E-state index contributed by atoms with van der Waals surface area (Å²) in [4.78, 5) is 21.1. The van der Waals surface area contributed by atoms with Crippen molar-refractivity contribution in [1.82, 2.24) is 4.98 Å². The molecule has 2 N–H and O–H groups in total. The molecule has 0 fully saturated rings. The fourth-order valence-electron chi connectivity index (χ4n) is 0.749. The molecule has 0 aromatic carbocycles. The highest BCUT2D eigenvalue weighted by molar-refractivity contribution is 9.10. The molecule has 0 aliphatic heterocycles. The van der Waals surface area contributed by atoms with E-state index in [0.717, 1.165) is 0 Å². The molecule has 0 amide bonds. The van der Waals surface area contributed by atoms with Gasteiger partial charge in [-0.05, 0) is 28.1 Å². The van der Waals surface area contributed by atoms with Crippen molar-refractivity contribution in [3.63, 3.8) is 0 Å². The van der Waals surface area contributed by atoms with E-state index in [0.29, 0.717) is 10.3 Å². The van der Waals surface area contributed by atoms with E-state index in [1.54, 1.807) is 18.2 Å². The summed E-state index contributed by atoms with van der Waals surface area (Å²) in [5.74, 6) is 0. The van der Waals surface area contributed by atoms with Gasteiger partial charge in [0.05, 0.1) is 11.9 Å². The summed E-state index contributed by atoms with van der Waals surface area (Å²) in [5, 5.41) is 0. The van der Waals surface area contributed by atoms with Crippen molar-refractivity contribution in [2.75, 3.05) is 0 Å². The minimum Gasteiger partial charge on any atom is -0.324 e. The van der Waals surface area contributed by atoms with Crippen molar-refractivity contribution < 1.29 is 14.4 Å². The predicted octanol–water partition coefficient (Wildman–Crippen LogP) is 1.52. The van der Waals surface area contributed by atoms with Crippen molar-refractivity contribution in [1.29, 1.82) is 0 Å². The number of nitrogens with zero attached hydrogens (tertiary/aromatic N) is 1. The Hall–Kier alpha value is -0.220. The molecular formula is C6H7BrNO3P. The second-order valence-electron chi connectivity index (χ2n) is 2.27. The van der Waals surface area contributed by atoms with Gasteiger partial charge in [-0.25, -0.2) is 4.98 Å². The maximum atomic E-state index is 10.6. The summed E-state index contributed by atoms with van der Waals surface area (Å²) in [6.07, 6.45) is -0.313. The smallest absolute Gasteiger partial charge is 0.324 e. The lowest BCUT2D eigenvalue weighted by Gasteiger charge is -2.02. The molecule has 1 heterocycles. The zero-order valence-corrected chi connectivity index (χ0v) is 8.49. The quantitative estimate of drug-likeness (QED) is 0.618. The van der Waals surface area contributed by atoms with Gasteiger partial charge in [0.15, 0.2) is 0 Å². The van der Waals surface area contributed by atoms with Gasteiger partial charge in [0.25, 0.3) is 0 Å². The van der Waals surface area contributed by atoms with Crippen LogP contribution in [0.25, 0.3) is 0 Å². The highest BCUT2D eigenvalue weighted by atomic mass is 79.9. The third-order valence-electron chi connectivity index (χ3n) is 1.14. The molecule has 0 saturated carbocycles. The fourth-order valence-corrected chi connectivity index (χ4v) is 1.73.